The Bertz CT molecular complexity index is 2010. The van der Waals surface area contributed by atoms with Crippen molar-refractivity contribution in [2.45, 2.75) is 76.3 Å². The second kappa shape index (κ2) is 13.4. The summed E-state index contributed by atoms with van der Waals surface area (Å²) in [5, 5.41) is 15.1. The Balaban J connectivity index is 0.838. The molecule has 3 fully saturated rings. The topological polar surface area (TPSA) is 146 Å². The van der Waals surface area contributed by atoms with Crippen molar-refractivity contribution in [3.63, 3.8) is 0 Å². The number of amides is 5. The molecule has 3 aromatic rings. The van der Waals surface area contributed by atoms with E-state index in [1.54, 1.807) is 6.07 Å². The lowest BCUT2D eigenvalue weighted by molar-refractivity contribution is -0.136. The number of hydrogen-bond acceptors (Lipinski definition) is 9. The number of nitrogens with zero attached hydrogens (tertiary/aromatic N) is 5. The Kier molecular flexibility index (Phi) is 8.71. The summed E-state index contributed by atoms with van der Waals surface area (Å²) in [6.07, 6.45) is 2.95. The summed E-state index contributed by atoms with van der Waals surface area (Å²) in [6, 6.07) is 18.5. The fourth-order valence-electron chi connectivity index (χ4n) is 8.50. The third kappa shape index (κ3) is 6.07. The average Bonchev–Trinajstić information content (AvgIpc) is 3.80. The predicted octanol–water partition coefficient (Wildman–Crippen LogP) is 3.99. The first kappa shape index (κ1) is 33.9. The maximum Gasteiger partial charge on any atom is 0.262 e. The highest BCUT2D eigenvalue weighted by molar-refractivity contribution is 6.32. The molecule has 0 saturated carbocycles. The first-order valence-corrected chi connectivity index (χ1v) is 18.2. The van der Waals surface area contributed by atoms with Crippen LogP contribution in [0.4, 0.5) is 11.4 Å². The van der Waals surface area contributed by atoms with Crippen LogP contribution in [-0.2, 0) is 22.7 Å². The molecule has 266 valence electrons. The molecule has 5 aliphatic rings. The molecule has 0 aromatic heterocycles. The smallest absolute Gasteiger partial charge is 0.262 e. The number of nitrogens with one attached hydrogen (secondary N) is 2. The van der Waals surface area contributed by atoms with Gasteiger partial charge in [0.2, 0.25) is 11.8 Å². The third-order valence-corrected chi connectivity index (χ3v) is 11.6. The molecule has 2 N–H and O–H groups in total. The first-order valence-electron chi connectivity index (χ1n) is 17.8. The standard InChI is InChI=1S/C39H38ClN7O5/c1-22-14-27(21-46(22)30-7-4-24(18-41)33(40)17-30)42-36(49)23-2-5-28(6-3-23)44-12-10-29(11-13-44)45-19-25-15-31-32(16-26(25)20-45)39(52)47(38(31)51)34-8-9-35(48)43-37(34)50/h2-7,15-17,22,27,29,34H,8-14,19-21H2,1H3,(H,42,49)(H,43,48,50)/t22-,27+,34?/m0/s1. The summed E-state index contributed by atoms with van der Waals surface area (Å²) in [5.41, 5.74) is 5.79. The van der Waals surface area contributed by atoms with Gasteiger partial charge in [-0.25, -0.2) is 0 Å². The van der Waals surface area contributed by atoms with Gasteiger partial charge >= 0.3 is 0 Å². The van der Waals surface area contributed by atoms with Crippen molar-refractivity contribution in [1.82, 2.24) is 20.4 Å². The number of carbonyl (C=O) groups excluding carboxylic acids is 5. The van der Waals surface area contributed by atoms with E-state index in [0.29, 0.717) is 53.0 Å². The zero-order chi connectivity index (χ0) is 36.3. The Morgan fingerprint density at radius 3 is 2.17 bits per heavy atom. The Morgan fingerprint density at radius 2 is 1.56 bits per heavy atom. The zero-order valence-electron chi connectivity index (χ0n) is 28.7. The van der Waals surface area contributed by atoms with Gasteiger partial charge in [-0.1, -0.05) is 11.6 Å². The van der Waals surface area contributed by atoms with Crippen molar-refractivity contribution < 1.29 is 24.0 Å². The van der Waals surface area contributed by atoms with E-state index < -0.39 is 29.7 Å². The molecule has 8 rings (SSSR count). The number of imide groups is 2. The number of benzene rings is 3. The second-order valence-electron chi connectivity index (χ2n) is 14.5. The van der Waals surface area contributed by atoms with Gasteiger partial charge in [-0.2, -0.15) is 5.26 Å². The van der Waals surface area contributed by atoms with Gasteiger partial charge < -0.3 is 15.1 Å². The summed E-state index contributed by atoms with van der Waals surface area (Å²) in [5.74, 6) is -2.05. The molecule has 13 heteroatoms. The van der Waals surface area contributed by atoms with Gasteiger partial charge in [0.25, 0.3) is 17.7 Å². The van der Waals surface area contributed by atoms with Crippen LogP contribution < -0.4 is 20.4 Å². The minimum absolute atomic E-state index is 0.0122. The van der Waals surface area contributed by atoms with Gasteiger partial charge in [0.05, 0.1) is 21.7 Å². The SMILES string of the molecule is C[C@H]1C[C@@H](NC(=O)c2ccc(N3CCC(N4Cc5cc6c(cc5C4)C(=O)N(C4CCC(=O)NC4=O)C6=O)CC3)cc2)CN1c1ccc(C#N)c(Cl)c1. The van der Waals surface area contributed by atoms with E-state index in [1.807, 2.05) is 48.5 Å². The molecule has 5 amide bonds. The quantitative estimate of drug-likeness (QED) is 0.361. The maximum atomic E-state index is 13.3. The van der Waals surface area contributed by atoms with Crippen LogP contribution in [0, 0.1) is 11.3 Å². The highest BCUT2D eigenvalue weighted by atomic mass is 35.5. The van der Waals surface area contributed by atoms with E-state index in [0.717, 1.165) is 59.8 Å². The van der Waals surface area contributed by atoms with Crippen molar-refractivity contribution in [1.29, 1.82) is 5.26 Å². The lowest BCUT2D eigenvalue weighted by Gasteiger charge is -2.37. The molecule has 5 aliphatic heterocycles. The second-order valence-corrected chi connectivity index (χ2v) is 14.9. The number of fused-ring (bicyclic) bond motifs is 2. The third-order valence-electron chi connectivity index (χ3n) is 11.3. The van der Waals surface area contributed by atoms with E-state index in [2.05, 4.69) is 38.3 Å². The number of carbonyl (C=O) groups is 5. The number of rotatable bonds is 6. The molecule has 12 nitrogen and oxygen atoms in total. The van der Waals surface area contributed by atoms with E-state index in [9.17, 15) is 29.2 Å². The van der Waals surface area contributed by atoms with Crippen LogP contribution in [0.2, 0.25) is 5.02 Å². The van der Waals surface area contributed by atoms with Gasteiger partial charge in [-0.15, -0.1) is 0 Å². The van der Waals surface area contributed by atoms with Gasteiger partial charge in [0, 0.05) is 74.2 Å². The number of hydrogen-bond donors (Lipinski definition) is 2. The Hall–Kier alpha value is -5.25. The van der Waals surface area contributed by atoms with Crippen LogP contribution in [0.3, 0.4) is 0 Å². The molecule has 3 saturated heterocycles. The highest BCUT2D eigenvalue weighted by Gasteiger charge is 2.45. The van der Waals surface area contributed by atoms with Crippen LogP contribution in [0.25, 0.3) is 0 Å². The molecule has 0 bridgehead atoms. The normalized spacial score (nSPS) is 23.5. The van der Waals surface area contributed by atoms with Crippen molar-refractivity contribution in [2.75, 3.05) is 29.4 Å². The zero-order valence-corrected chi connectivity index (χ0v) is 29.5. The largest absolute Gasteiger partial charge is 0.371 e. The molecule has 0 spiro atoms. The van der Waals surface area contributed by atoms with Crippen LogP contribution >= 0.6 is 11.6 Å². The van der Waals surface area contributed by atoms with Crippen molar-refractivity contribution >= 4 is 52.5 Å². The van der Waals surface area contributed by atoms with Crippen LogP contribution in [0.15, 0.2) is 54.6 Å². The number of halogens is 1. The van der Waals surface area contributed by atoms with Gasteiger partial charge in [-0.05, 0) is 98.3 Å². The molecule has 1 unspecified atom stereocenters. The molecule has 5 heterocycles. The van der Waals surface area contributed by atoms with Gasteiger partial charge in [-0.3, -0.25) is 39.1 Å². The maximum absolute atomic E-state index is 13.3. The van der Waals surface area contributed by atoms with Gasteiger partial charge in [0.1, 0.15) is 12.1 Å². The minimum atomic E-state index is -0.967. The Labute approximate surface area is 306 Å². The summed E-state index contributed by atoms with van der Waals surface area (Å²) in [4.78, 5) is 71.8. The van der Waals surface area contributed by atoms with Crippen LogP contribution in [-0.4, -0.2) is 83.1 Å². The van der Waals surface area contributed by atoms with E-state index in [1.165, 1.54) is 0 Å². The van der Waals surface area contributed by atoms with Crippen LogP contribution in [0.5, 0.6) is 0 Å². The fraction of sp³-hybridized carbons (Fsp3) is 0.385. The molecular formula is C39H38ClN7O5. The summed E-state index contributed by atoms with van der Waals surface area (Å²) >= 11 is 6.27. The molecule has 0 aliphatic carbocycles. The molecule has 3 atom stereocenters. The first-order chi connectivity index (χ1) is 25.1. The summed E-state index contributed by atoms with van der Waals surface area (Å²) in [6.45, 7) is 5.89. The lowest BCUT2D eigenvalue weighted by atomic mass is 10.0. The average molecular weight is 720 g/mol. The monoisotopic (exact) mass is 719 g/mol. The summed E-state index contributed by atoms with van der Waals surface area (Å²) in [7, 11) is 0. The van der Waals surface area contributed by atoms with E-state index in [4.69, 9.17) is 11.6 Å². The van der Waals surface area contributed by atoms with Crippen molar-refractivity contribution in [3.05, 3.63) is 93.0 Å². The minimum Gasteiger partial charge on any atom is -0.371 e. The van der Waals surface area contributed by atoms with E-state index in [-0.39, 0.29) is 30.8 Å². The van der Waals surface area contributed by atoms with E-state index >= 15 is 0 Å². The number of anilines is 2. The van der Waals surface area contributed by atoms with Crippen molar-refractivity contribution in [3.8, 4) is 6.07 Å². The molecule has 52 heavy (non-hydrogen) atoms. The van der Waals surface area contributed by atoms with Crippen molar-refractivity contribution in [2.24, 2.45) is 0 Å². The molecule has 3 aromatic carbocycles. The fourth-order valence-corrected chi connectivity index (χ4v) is 8.72. The number of nitriles is 1. The Morgan fingerprint density at radius 1 is 0.904 bits per heavy atom. The molecular weight excluding hydrogens is 682 g/mol. The molecule has 0 radical (unpaired) electrons. The predicted molar refractivity (Wildman–Crippen MR) is 193 cm³/mol. The van der Waals surface area contributed by atoms with Gasteiger partial charge in [0.15, 0.2) is 0 Å². The number of piperidine rings is 2. The lowest BCUT2D eigenvalue weighted by Crippen LogP contribution is -2.54. The highest BCUT2D eigenvalue weighted by Crippen LogP contribution is 2.36. The summed E-state index contributed by atoms with van der Waals surface area (Å²) < 4.78 is 0. The van der Waals surface area contributed by atoms with Crippen LogP contribution in [0.1, 0.15) is 86.8 Å².